The van der Waals surface area contributed by atoms with Gasteiger partial charge in [-0.25, -0.2) is 4.99 Å². The average Bonchev–Trinajstić information content (AvgIpc) is 3.42. The number of rotatable bonds is 4. The van der Waals surface area contributed by atoms with E-state index in [4.69, 9.17) is 16.0 Å². The Kier molecular flexibility index (Phi) is 5.58. The first-order valence-electron chi connectivity index (χ1n) is 10.2. The van der Waals surface area contributed by atoms with E-state index in [1.807, 2.05) is 36.4 Å². The minimum atomic E-state index is -0.717. The minimum absolute atomic E-state index is 0.248. The van der Waals surface area contributed by atoms with E-state index in [9.17, 15) is 9.59 Å². The fraction of sp³-hybridized carbons (Fsp3) is 0.0800. The number of furan rings is 1. The lowest BCUT2D eigenvalue weighted by Crippen LogP contribution is -2.40. The monoisotopic (exact) mass is 475 g/mol. The molecule has 0 spiro atoms. The SMILES string of the molecule is CC1=C(C(=O)Nc2ccccc2)C(c2ccccc2Cl)n2c(sc(=Cc3ccoc3)c2=O)=N1. The van der Waals surface area contributed by atoms with E-state index in [-0.39, 0.29) is 11.5 Å². The van der Waals surface area contributed by atoms with E-state index >= 15 is 0 Å². The second-order valence-electron chi connectivity index (χ2n) is 7.48. The number of benzene rings is 2. The van der Waals surface area contributed by atoms with E-state index in [2.05, 4.69) is 10.3 Å². The highest BCUT2D eigenvalue weighted by Crippen LogP contribution is 2.34. The number of halogens is 1. The Balaban J connectivity index is 1.71. The van der Waals surface area contributed by atoms with E-state index in [1.54, 1.807) is 54.4 Å². The van der Waals surface area contributed by atoms with Crippen LogP contribution >= 0.6 is 22.9 Å². The van der Waals surface area contributed by atoms with E-state index in [0.717, 1.165) is 5.56 Å². The summed E-state index contributed by atoms with van der Waals surface area (Å²) in [6.07, 6.45) is 4.86. The number of hydrogen-bond donors (Lipinski definition) is 1. The normalized spacial score (nSPS) is 15.8. The molecule has 0 bridgehead atoms. The van der Waals surface area contributed by atoms with Crippen LogP contribution in [0.4, 0.5) is 5.69 Å². The molecule has 8 heteroatoms. The van der Waals surface area contributed by atoms with Gasteiger partial charge >= 0.3 is 0 Å². The van der Waals surface area contributed by atoms with Crippen molar-refractivity contribution in [3.05, 3.63) is 120 Å². The molecule has 1 atom stereocenters. The predicted molar refractivity (Wildman–Crippen MR) is 129 cm³/mol. The first kappa shape index (κ1) is 21.2. The average molecular weight is 476 g/mol. The summed E-state index contributed by atoms with van der Waals surface area (Å²) in [5.74, 6) is -0.337. The highest BCUT2D eigenvalue weighted by atomic mass is 35.5. The molecule has 5 rings (SSSR count). The third-order valence-corrected chi connectivity index (χ3v) is 6.67. The molecule has 1 aliphatic rings. The maximum Gasteiger partial charge on any atom is 0.271 e. The largest absolute Gasteiger partial charge is 0.472 e. The van der Waals surface area contributed by atoms with Crippen LogP contribution in [0.5, 0.6) is 0 Å². The maximum absolute atomic E-state index is 13.5. The zero-order valence-corrected chi connectivity index (χ0v) is 19.1. The number of carbonyl (C=O) groups is 1. The zero-order chi connectivity index (χ0) is 22.9. The van der Waals surface area contributed by atoms with Crippen LogP contribution < -0.4 is 20.2 Å². The van der Waals surface area contributed by atoms with Gasteiger partial charge in [0.15, 0.2) is 4.80 Å². The molecule has 6 nitrogen and oxygen atoms in total. The van der Waals surface area contributed by atoms with Crippen LogP contribution in [0.25, 0.3) is 6.08 Å². The molecule has 1 amide bonds. The van der Waals surface area contributed by atoms with Gasteiger partial charge in [0.25, 0.3) is 11.5 Å². The number of hydrogen-bond acceptors (Lipinski definition) is 5. The molecular formula is C25H18ClN3O3S. The molecule has 3 heterocycles. The smallest absolute Gasteiger partial charge is 0.271 e. The summed E-state index contributed by atoms with van der Waals surface area (Å²) in [7, 11) is 0. The first-order chi connectivity index (χ1) is 16.0. The summed E-state index contributed by atoms with van der Waals surface area (Å²) in [5, 5.41) is 3.39. The zero-order valence-electron chi connectivity index (χ0n) is 17.5. The van der Waals surface area contributed by atoms with Gasteiger partial charge in [-0.3, -0.25) is 14.2 Å². The Bertz CT molecular complexity index is 1550. The van der Waals surface area contributed by atoms with Gasteiger partial charge in [0.05, 0.1) is 34.4 Å². The Morgan fingerprint density at radius 2 is 1.91 bits per heavy atom. The summed E-state index contributed by atoms with van der Waals surface area (Å²) < 4.78 is 7.16. The number of thiazole rings is 1. The van der Waals surface area contributed by atoms with Crippen LogP contribution in [0.2, 0.25) is 5.02 Å². The van der Waals surface area contributed by atoms with Gasteiger partial charge in [-0.2, -0.15) is 0 Å². The predicted octanol–water partition coefficient (Wildman–Crippen LogP) is 4.12. The third-order valence-electron chi connectivity index (χ3n) is 5.34. The number of para-hydroxylation sites is 1. The molecule has 0 fully saturated rings. The molecule has 1 unspecified atom stereocenters. The van der Waals surface area contributed by atoms with Crippen LogP contribution in [-0.2, 0) is 4.79 Å². The Hall–Kier alpha value is -3.68. The standard InChI is InChI=1S/C25H18ClN3O3S/c1-15-21(23(30)28-17-7-3-2-4-8-17)22(18-9-5-6-10-19(18)26)29-24(31)20(33-25(29)27-15)13-16-11-12-32-14-16/h2-14,22H,1H3,(H,28,30). The first-order valence-corrected chi connectivity index (χ1v) is 11.4. The fourth-order valence-corrected chi connectivity index (χ4v) is 5.12. The van der Waals surface area contributed by atoms with Gasteiger partial charge in [0.2, 0.25) is 0 Å². The lowest BCUT2D eigenvalue weighted by Gasteiger charge is -2.26. The number of fused-ring (bicyclic) bond motifs is 1. The van der Waals surface area contributed by atoms with Gasteiger partial charge in [0.1, 0.15) is 0 Å². The number of nitrogens with zero attached hydrogens (tertiary/aromatic N) is 2. The van der Waals surface area contributed by atoms with Gasteiger partial charge < -0.3 is 9.73 Å². The number of carbonyl (C=O) groups excluding carboxylic acids is 1. The van der Waals surface area contributed by atoms with Crippen molar-refractivity contribution in [2.75, 3.05) is 5.32 Å². The van der Waals surface area contributed by atoms with Crippen LogP contribution in [0.3, 0.4) is 0 Å². The van der Waals surface area contributed by atoms with E-state index < -0.39 is 6.04 Å². The Morgan fingerprint density at radius 3 is 2.64 bits per heavy atom. The van der Waals surface area contributed by atoms with Gasteiger partial charge in [0, 0.05) is 16.3 Å². The number of nitrogens with one attached hydrogen (secondary N) is 1. The Morgan fingerprint density at radius 1 is 1.15 bits per heavy atom. The summed E-state index contributed by atoms with van der Waals surface area (Å²) in [6.45, 7) is 1.77. The second kappa shape index (κ2) is 8.69. The molecule has 1 N–H and O–H groups in total. The van der Waals surface area contributed by atoms with Crippen molar-refractivity contribution in [3.8, 4) is 0 Å². The van der Waals surface area contributed by atoms with Crippen molar-refractivity contribution in [2.45, 2.75) is 13.0 Å². The fourth-order valence-electron chi connectivity index (χ4n) is 3.83. The lowest BCUT2D eigenvalue weighted by molar-refractivity contribution is -0.113. The molecule has 0 saturated heterocycles. The van der Waals surface area contributed by atoms with Crippen molar-refractivity contribution in [2.24, 2.45) is 4.99 Å². The molecule has 2 aromatic heterocycles. The van der Waals surface area contributed by atoms with Crippen LogP contribution in [0.15, 0.2) is 98.7 Å². The van der Waals surface area contributed by atoms with Gasteiger partial charge in [-0.05, 0) is 42.8 Å². The molecule has 1 aliphatic heterocycles. The summed E-state index contributed by atoms with van der Waals surface area (Å²) >= 11 is 7.82. The van der Waals surface area contributed by atoms with Gasteiger partial charge in [-0.15, -0.1) is 0 Å². The van der Waals surface area contributed by atoms with Crippen molar-refractivity contribution in [1.29, 1.82) is 0 Å². The van der Waals surface area contributed by atoms with Crippen molar-refractivity contribution in [3.63, 3.8) is 0 Å². The highest BCUT2D eigenvalue weighted by Gasteiger charge is 2.33. The van der Waals surface area contributed by atoms with Crippen LogP contribution in [-0.4, -0.2) is 10.5 Å². The summed E-state index contributed by atoms with van der Waals surface area (Å²) in [6, 6.07) is 17.4. The third kappa shape index (κ3) is 3.97. The molecule has 0 aliphatic carbocycles. The Labute approximate surface area is 197 Å². The lowest BCUT2D eigenvalue weighted by atomic mass is 9.95. The van der Waals surface area contributed by atoms with Crippen molar-refractivity contribution in [1.82, 2.24) is 4.57 Å². The minimum Gasteiger partial charge on any atom is -0.472 e. The topological polar surface area (TPSA) is 76.6 Å². The summed E-state index contributed by atoms with van der Waals surface area (Å²) in [4.78, 5) is 32.1. The highest BCUT2D eigenvalue weighted by molar-refractivity contribution is 7.07. The number of allylic oxidation sites excluding steroid dienone is 1. The molecule has 0 radical (unpaired) electrons. The number of aromatic nitrogens is 1. The molecule has 164 valence electrons. The van der Waals surface area contributed by atoms with E-state index in [0.29, 0.717) is 36.9 Å². The quantitative estimate of drug-likeness (QED) is 0.482. The van der Waals surface area contributed by atoms with Crippen LogP contribution in [0, 0.1) is 0 Å². The molecule has 4 aromatic rings. The molecule has 2 aromatic carbocycles. The molecular weight excluding hydrogens is 458 g/mol. The van der Waals surface area contributed by atoms with Crippen LogP contribution in [0.1, 0.15) is 24.1 Å². The van der Waals surface area contributed by atoms with E-state index in [1.165, 1.54) is 11.3 Å². The van der Waals surface area contributed by atoms with Gasteiger partial charge in [-0.1, -0.05) is 59.3 Å². The maximum atomic E-state index is 13.5. The number of anilines is 1. The molecule has 0 saturated carbocycles. The summed E-state index contributed by atoms with van der Waals surface area (Å²) in [5.41, 5.74) is 2.73. The molecule has 33 heavy (non-hydrogen) atoms. The second-order valence-corrected chi connectivity index (χ2v) is 8.90. The van der Waals surface area contributed by atoms with Crippen molar-refractivity contribution < 1.29 is 9.21 Å². The van der Waals surface area contributed by atoms with Crippen molar-refractivity contribution >= 4 is 40.6 Å². The number of amides is 1.